The molecule has 5 heteroatoms. The number of piperidine rings is 1. The maximum atomic E-state index is 11.0. The Balaban J connectivity index is 2.13. The van der Waals surface area contributed by atoms with Crippen LogP contribution < -0.4 is 9.47 Å². The first-order valence-corrected chi connectivity index (χ1v) is 7.30. The fraction of sp³-hybridized carbons (Fsp3) is 0.562. The molecule has 1 unspecified atom stereocenters. The van der Waals surface area contributed by atoms with Crippen LogP contribution in [0.1, 0.15) is 31.2 Å². The largest absolute Gasteiger partial charge is 0.497 e. The summed E-state index contributed by atoms with van der Waals surface area (Å²) >= 11 is 0. The zero-order chi connectivity index (χ0) is 15.2. The predicted octanol–water partition coefficient (Wildman–Crippen LogP) is 2.53. The van der Waals surface area contributed by atoms with Crippen molar-refractivity contribution in [3.63, 3.8) is 0 Å². The van der Waals surface area contributed by atoms with E-state index in [1.165, 1.54) is 0 Å². The summed E-state index contributed by atoms with van der Waals surface area (Å²) in [5.41, 5.74) is 1.07. The fourth-order valence-corrected chi connectivity index (χ4v) is 2.90. The highest BCUT2D eigenvalue weighted by Crippen LogP contribution is 2.28. The van der Waals surface area contributed by atoms with Gasteiger partial charge in [-0.3, -0.25) is 9.69 Å². The van der Waals surface area contributed by atoms with Gasteiger partial charge < -0.3 is 14.6 Å². The highest BCUT2D eigenvalue weighted by atomic mass is 16.5. The molecule has 0 saturated carbocycles. The van der Waals surface area contributed by atoms with Crippen molar-refractivity contribution in [1.82, 2.24) is 4.90 Å². The second-order valence-corrected chi connectivity index (χ2v) is 5.40. The Labute approximate surface area is 125 Å². The van der Waals surface area contributed by atoms with Crippen LogP contribution in [0.2, 0.25) is 0 Å². The normalized spacial score (nSPS) is 19.2. The molecule has 1 aromatic rings. The summed E-state index contributed by atoms with van der Waals surface area (Å²) in [6.07, 6.45) is 3.38. The summed E-state index contributed by atoms with van der Waals surface area (Å²) in [6.45, 7) is 1.65. The maximum absolute atomic E-state index is 11.0. The first-order chi connectivity index (χ1) is 10.1. The molecular formula is C16H23NO4. The van der Waals surface area contributed by atoms with Gasteiger partial charge in [0.25, 0.3) is 0 Å². The van der Waals surface area contributed by atoms with Crippen molar-refractivity contribution in [1.29, 1.82) is 0 Å². The molecule has 1 heterocycles. The van der Waals surface area contributed by atoms with E-state index in [1.807, 2.05) is 18.2 Å². The third-order valence-electron chi connectivity index (χ3n) is 4.03. The van der Waals surface area contributed by atoms with Crippen LogP contribution in [0.25, 0.3) is 0 Å². The van der Waals surface area contributed by atoms with Crippen molar-refractivity contribution in [2.45, 2.75) is 38.3 Å². The first-order valence-electron chi connectivity index (χ1n) is 7.30. The lowest BCUT2D eigenvalue weighted by molar-refractivity contribution is -0.138. The molecule has 2 rings (SSSR count). The Bertz CT molecular complexity index is 489. The number of aliphatic carboxylic acids is 1. The van der Waals surface area contributed by atoms with Crippen molar-refractivity contribution < 1.29 is 19.4 Å². The number of hydrogen-bond donors (Lipinski definition) is 1. The van der Waals surface area contributed by atoms with Crippen LogP contribution in [0.3, 0.4) is 0 Å². The second kappa shape index (κ2) is 7.31. The molecule has 0 spiro atoms. The van der Waals surface area contributed by atoms with E-state index in [2.05, 4.69) is 4.90 Å². The van der Waals surface area contributed by atoms with Gasteiger partial charge in [-0.25, -0.2) is 0 Å². The minimum absolute atomic E-state index is 0.114. The molecule has 1 aliphatic rings. The number of carboxylic acids is 1. The van der Waals surface area contributed by atoms with Gasteiger partial charge >= 0.3 is 5.97 Å². The molecule has 1 fully saturated rings. The minimum Gasteiger partial charge on any atom is -0.497 e. The van der Waals surface area contributed by atoms with Crippen molar-refractivity contribution in [2.75, 3.05) is 20.8 Å². The average Bonchev–Trinajstić information content (AvgIpc) is 2.49. The number of hydrogen-bond acceptors (Lipinski definition) is 4. The molecule has 116 valence electrons. The number of nitrogens with zero attached hydrogens (tertiary/aromatic N) is 1. The quantitative estimate of drug-likeness (QED) is 0.873. The van der Waals surface area contributed by atoms with Gasteiger partial charge in [-0.05, 0) is 25.5 Å². The van der Waals surface area contributed by atoms with E-state index in [1.54, 1.807) is 14.2 Å². The Morgan fingerprint density at radius 3 is 2.81 bits per heavy atom. The average molecular weight is 293 g/mol. The monoisotopic (exact) mass is 293 g/mol. The molecule has 1 aromatic carbocycles. The number of ether oxygens (including phenoxy) is 2. The van der Waals surface area contributed by atoms with Crippen LogP contribution in [0, 0.1) is 0 Å². The van der Waals surface area contributed by atoms with Gasteiger partial charge in [-0.1, -0.05) is 12.5 Å². The molecule has 1 atom stereocenters. The number of benzene rings is 1. The third-order valence-corrected chi connectivity index (χ3v) is 4.03. The Morgan fingerprint density at radius 1 is 1.33 bits per heavy atom. The lowest BCUT2D eigenvalue weighted by atomic mass is 9.98. The number of carboxylic acid groups (broad SMARTS) is 1. The van der Waals surface area contributed by atoms with Crippen molar-refractivity contribution >= 4 is 5.97 Å². The van der Waals surface area contributed by atoms with Crippen molar-refractivity contribution in [3.05, 3.63) is 23.8 Å². The summed E-state index contributed by atoms with van der Waals surface area (Å²) in [5.74, 6) is 0.818. The highest BCUT2D eigenvalue weighted by Gasteiger charge is 2.25. The van der Waals surface area contributed by atoms with Crippen LogP contribution in [-0.4, -0.2) is 42.8 Å². The minimum atomic E-state index is -0.728. The van der Waals surface area contributed by atoms with Crippen LogP contribution >= 0.6 is 0 Å². The molecular weight excluding hydrogens is 270 g/mol. The summed E-state index contributed by atoms with van der Waals surface area (Å²) < 4.78 is 10.6. The molecule has 0 aliphatic carbocycles. The summed E-state index contributed by atoms with van der Waals surface area (Å²) in [4.78, 5) is 13.3. The van der Waals surface area contributed by atoms with Gasteiger partial charge in [0, 0.05) is 24.2 Å². The molecule has 1 N–H and O–H groups in total. The smallest absolute Gasteiger partial charge is 0.304 e. The molecule has 1 aliphatic heterocycles. The summed E-state index contributed by atoms with van der Waals surface area (Å²) in [5, 5.41) is 9.05. The fourth-order valence-electron chi connectivity index (χ4n) is 2.90. The molecule has 0 amide bonds. The molecule has 0 radical (unpaired) electrons. The molecule has 0 aromatic heterocycles. The number of carbonyl (C=O) groups is 1. The van der Waals surface area contributed by atoms with Crippen LogP contribution in [0.4, 0.5) is 0 Å². The van der Waals surface area contributed by atoms with Crippen LogP contribution in [0.5, 0.6) is 11.5 Å². The molecule has 21 heavy (non-hydrogen) atoms. The van der Waals surface area contributed by atoms with E-state index in [0.29, 0.717) is 6.54 Å². The van der Waals surface area contributed by atoms with Crippen LogP contribution in [-0.2, 0) is 11.3 Å². The molecule has 1 saturated heterocycles. The van der Waals surface area contributed by atoms with Gasteiger partial charge in [-0.15, -0.1) is 0 Å². The number of likely N-dealkylation sites (tertiary alicyclic amines) is 1. The standard InChI is InChI=1S/C16H23NO4/c1-20-14-7-6-12(15(10-14)21-2)11-17-8-4-3-5-13(17)9-16(18)19/h6-7,10,13H,3-5,8-9,11H2,1-2H3,(H,18,19). The van der Waals surface area contributed by atoms with Gasteiger partial charge in [0.1, 0.15) is 11.5 Å². The maximum Gasteiger partial charge on any atom is 0.304 e. The van der Waals surface area contributed by atoms with Crippen molar-refractivity contribution in [3.8, 4) is 11.5 Å². The summed E-state index contributed by atoms with van der Waals surface area (Å²) in [7, 11) is 3.27. The predicted molar refractivity (Wildman–Crippen MR) is 79.8 cm³/mol. The zero-order valence-electron chi connectivity index (χ0n) is 12.7. The number of methoxy groups -OCH3 is 2. The lowest BCUT2D eigenvalue weighted by Crippen LogP contribution is -2.40. The van der Waals surface area contributed by atoms with E-state index in [-0.39, 0.29) is 12.5 Å². The lowest BCUT2D eigenvalue weighted by Gasteiger charge is -2.35. The Hall–Kier alpha value is -1.75. The van der Waals surface area contributed by atoms with Gasteiger partial charge in [0.15, 0.2) is 0 Å². The van der Waals surface area contributed by atoms with E-state index >= 15 is 0 Å². The topological polar surface area (TPSA) is 59.0 Å². The first kappa shape index (κ1) is 15.6. The molecule has 5 nitrogen and oxygen atoms in total. The van der Waals surface area contributed by atoms with Gasteiger partial charge in [0.2, 0.25) is 0 Å². The molecule has 0 bridgehead atoms. The zero-order valence-corrected chi connectivity index (χ0v) is 12.7. The van der Waals surface area contributed by atoms with Crippen LogP contribution in [0.15, 0.2) is 18.2 Å². The SMILES string of the molecule is COc1ccc(CN2CCCCC2CC(=O)O)c(OC)c1. The second-order valence-electron chi connectivity index (χ2n) is 5.40. The van der Waals surface area contributed by atoms with E-state index < -0.39 is 5.97 Å². The Morgan fingerprint density at radius 2 is 2.14 bits per heavy atom. The van der Waals surface area contributed by atoms with Crippen molar-refractivity contribution in [2.24, 2.45) is 0 Å². The van der Waals surface area contributed by atoms with E-state index in [4.69, 9.17) is 14.6 Å². The van der Waals surface area contributed by atoms with Gasteiger partial charge in [-0.2, -0.15) is 0 Å². The van der Waals surface area contributed by atoms with Gasteiger partial charge in [0.05, 0.1) is 20.6 Å². The Kier molecular flexibility index (Phi) is 5.44. The van der Waals surface area contributed by atoms with E-state index in [9.17, 15) is 4.79 Å². The summed E-state index contributed by atoms with van der Waals surface area (Å²) in [6, 6.07) is 5.88. The highest BCUT2D eigenvalue weighted by molar-refractivity contribution is 5.67. The number of rotatable bonds is 6. The third kappa shape index (κ3) is 4.11. The van der Waals surface area contributed by atoms with E-state index in [0.717, 1.165) is 42.9 Å².